The van der Waals surface area contributed by atoms with Crippen LogP contribution in [0.1, 0.15) is 30.6 Å². The van der Waals surface area contributed by atoms with Crippen molar-refractivity contribution < 1.29 is 19.4 Å². The lowest BCUT2D eigenvalue weighted by Crippen LogP contribution is -2.38. The van der Waals surface area contributed by atoms with E-state index in [1.807, 2.05) is 6.92 Å². The summed E-state index contributed by atoms with van der Waals surface area (Å²) in [4.78, 5) is 33.5. The first-order chi connectivity index (χ1) is 12.5. The minimum atomic E-state index is -0.938. The fraction of sp³-hybridized carbons (Fsp3) is 0.471. The minimum absolute atomic E-state index is 0.130. The molecule has 0 fully saturated rings. The first-order valence-corrected chi connectivity index (χ1v) is 8.43. The van der Waals surface area contributed by atoms with Gasteiger partial charge < -0.3 is 14.7 Å². The van der Waals surface area contributed by atoms with E-state index in [-0.39, 0.29) is 12.5 Å². The van der Waals surface area contributed by atoms with Crippen LogP contribution in [0.3, 0.4) is 0 Å². The number of rotatable bonds is 10. The molecule has 2 rings (SSSR count). The molecule has 9 heteroatoms. The zero-order valence-corrected chi connectivity index (χ0v) is 14.9. The van der Waals surface area contributed by atoms with E-state index in [4.69, 9.17) is 9.84 Å². The molecule has 0 bridgehead atoms. The summed E-state index contributed by atoms with van der Waals surface area (Å²) in [6.07, 6.45) is 5.00. The van der Waals surface area contributed by atoms with Gasteiger partial charge in [0.25, 0.3) is 5.91 Å². The molecular weight excluding hydrogens is 338 g/mol. The van der Waals surface area contributed by atoms with Gasteiger partial charge in [0.2, 0.25) is 0 Å². The Bertz CT molecular complexity index is 702. The second-order valence-electron chi connectivity index (χ2n) is 5.79. The summed E-state index contributed by atoms with van der Waals surface area (Å²) in [7, 11) is 0. The molecule has 0 saturated heterocycles. The number of hydrogen-bond acceptors (Lipinski definition) is 6. The van der Waals surface area contributed by atoms with Crippen molar-refractivity contribution in [2.75, 3.05) is 26.3 Å². The van der Waals surface area contributed by atoms with Gasteiger partial charge in [-0.15, -0.1) is 0 Å². The van der Waals surface area contributed by atoms with E-state index in [0.29, 0.717) is 37.6 Å². The Morgan fingerprint density at radius 2 is 2.19 bits per heavy atom. The van der Waals surface area contributed by atoms with Crippen molar-refractivity contribution in [3.63, 3.8) is 0 Å². The lowest BCUT2D eigenvalue weighted by Gasteiger charge is -2.24. The predicted molar refractivity (Wildman–Crippen MR) is 93.0 cm³/mol. The highest BCUT2D eigenvalue weighted by Gasteiger charge is 2.21. The third-order valence-electron chi connectivity index (χ3n) is 3.77. The Kier molecular flexibility index (Phi) is 7.22. The molecule has 0 spiro atoms. The number of hydrogen-bond donors (Lipinski definition) is 1. The lowest BCUT2D eigenvalue weighted by molar-refractivity contribution is -0.141. The quantitative estimate of drug-likeness (QED) is 0.634. The average Bonchev–Trinajstić information content (AvgIpc) is 3.18. The Morgan fingerprint density at radius 3 is 2.77 bits per heavy atom. The minimum Gasteiger partial charge on any atom is -0.481 e. The van der Waals surface area contributed by atoms with Crippen LogP contribution in [-0.2, 0) is 9.53 Å². The lowest BCUT2D eigenvalue weighted by atomic mass is 10.1. The van der Waals surface area contributed by atoms with Gasteiger partial charge in [-0.2, -0.15) is 5.10 Å². The topological polar surface area (TPSA) is 110 Å². The van der Waals surface area contributed by atoms with Crippen LogP contribution in [0.5, 0.6) is 0 Å². The Balaban J connectivity index is 2.09. The Morgan fingerprint density at radius 1 is 1.38 bits per heavy atom. The van der Waals surface area contributed by atoms with Gasteiger partial charge in [-0.1, -0.05) is 6.92 Å². The Hall–Kier alpha value is -2.81. The van der Waals surface area contributed by atoms with Gasteiger partial charge in [-0.05, 0) is 25.5 Å². The number of aromatic nitrogens is 4. The van der Waals surface area contributed by atoms with Crippen molar-refractivity contribution in [2.24, 2.45) is 5.92 Å². The van der Waals surface area contributed by atoms with Gasteiger partial charge in [0, 0.05) is 32.5 Å². The number of nitrogens with zero attached hydrogens (tertiary/aromatic N) is 5. The van der Waals surface area contributed by atoms with Gasteiger partial charge in [0.1, 0.15) is 12.7 Å². The molecule has 1 unspecified atom stereocenters. The zero-order valence-electron chi connectivity index (χ0n) is 14.9. The second-order valence-corrected chi connectivity index (χ2v) is 5.79. The van der Waals surface area contributed by atoms with Gasteiger partial charge in [0.15, 0.2) is 5.82 Å². The zero-order chi connectivity index (χ0) is 18.9. The fourth-order valence-electron chi connectivity index (χ4n) is 2.34. The number of aliphatic carboxylic acids is 1. The normalized spacial score (nSPS) is 11.9. The summed E-state index contributed by atoms with van der Waals surface area (Å²) in [6.45, 7) is 5.15. The average molecular weight is 361 g/mol. The van der Waals surface area contributed by atoms with Gasteiger partial charge in [-0.3, -0.25) is 9.59 Å². The van der Waals surface area contributed by atoms with Crippen molar-refractivity contribution in [3.05, 3.63) is 36.5 Å². The number of ether oxygens (including phenoxy) is 1. The molecule has 0 radical (unpaired) electrons. The smallest absolute Gasteiger partial charge is 0.308 e. The summed E-state index contributed by atoms with van der Waals surface area (Å²) in [6, 6.07) is 3.31. The molecule has 1 atom stereocenters. The monoisotopic (exact) mass is 361 g/mol. The van der Waals surface area contributed by atoms with Crippen molar-refractivity contribution >= 4 is 11.9 Å². The highest BCUT2D eigenvalue weighted by atomic mass is 16.5. The molecule has 0 aliphatic rings. The van der Waals surface area contributed by atoms with Crippen LogP contribution in [0.25, 0.3) is 5.82 Å². The first kappa shape index (κ1) is 19.5. The summed E-state index contributed by atoms with van der Waals surface area (Å²) >= 11 is 0. The van der Waals surface area contributed by atoms with E-state index < -0.39 is 11.9 Å². The van der Waals surface area contributed by atoms with Crippen molar-refractivity contribution in [1.82, 2.24) is 24.6 Å². The molecule has 140 valence electrons. The summed E-state index contributed by atoms with van der Waals surface area (Å²) in [5, 5.41) is 13.1. The number of carboxylic acids is 1. The number of pyridine rings is 1. The SMILES string of the molecule is CCOCCCN(CC(C)C(=O)O)C(=O)c1ccc(-n2cncn2)nc1. The second kappa shape index (κ2) is 9.62. The van der Waals surface area contributed by atoms with Crippen LogP contribution in [0.15, 0.2) is 31.0 Å². The molecule has 2 aromatic heterocycles. The van der Waals surface area contributed by atoms with Gasteiger partial charge in [0.05, 0.1) is 11.5 Å². The summed E-state index contributed by atoms with van der Waals surface area (Å²) in [5.41, 5.74) is 0.392. The van der Waals surface area contributed by atoms with Gasteiger partial charge >= 0.3 is 5.97 Å². The van der Waals surface area contributed by atoms with Crippen LogP contribution in [-0.4, -0.2) is 67.9 Å². The van der Waals surface area contributed by atoms with Crippen molar-refractivity contribution in [2.45, 2.75) is 20.3 Å². The van der Waals surface area contributed by atoms with Crippen molar-refractivity contribution in [1.29, 1.82) is 0 Å². The molecule has 0 aliphatic carbocycles. The Labute approximate surface area is 151 Å². The molecule has 1 amide bonds. The van der Waals surface area contributed by atoms with Crippen LogP contribution in [0.4, 0.5) is 0 Å². The third-order valence-corrected chi connectivity index (χ3v) is 3.77. The maximum absolute atomic E-state index is 12.8. The number of amides is 1. The number of carbonyl (C=O) groups is 2. The number of carbonyl (C=O) groups excluding carboxylic acids is 1. The van der Waals surface area contributed by atoms with E-state index in [9.17, 15) is 9.59 Å². The first-order valence-electron chi connectivity index (χ1n) is 8.43. The van der Waals surface area contributed by atoms with E-state index in [1.54, 1.807) is 19.1 Å². The standard InChI is InChI=1S/C17H23N5O4/c1-3-26-8-4-7-21(10-13(2)17(24)25)16(23)14-5-6-15(19-9-14)22-12-18-11-20-22/h5-6,9,11-13H,3-4,7-8,10H2,1-2H3,(H,24,25). The van der Waals surface area contributed by atoms with E-state index in [0.717, 1.165) is 0 Å². The maximum Gasteiger partial charge on any atom is 0.308 e. The van der Waals surface area contributed by atoms with Crippen LogP contribution in [0.2, 0.25) is 0 Å². The maximum atomic E-state index is 12.8. The van der Waals surface area contributed by atoms with Crippen LogP contribution < -0.4 is 0 Å². The molecule has 2 aromatic rings. The highest BCUT2D eigenvalue weighted by molar-refractivity contribution is 5.94. The van der Waals surface area contributed by atoms with Gasteiger partial charge in [-0.25, -0.2) is 14.6 Å². The molecule has 9 nitrogen and oxygen atoms in total. The van der Waals surface area contributed by atoms with Crippen LogP contribution >= 0.6 is 0 Å². The largest absolute Gasteiger partial charge is 0.481 e. The highest BCUT2D eigenvalue weighted by Crippen LogP contribution is 2.10. The van der Waals surface area contributed by atoms with E-state index in [2.05, 4.69) is 15.1 Å². The molecular formula is C17H23N5O4. The fourth-order valence-corrected chi connectivity index (χ4v) is 2.34. The molecule has 0 aliphatic heterocycles. The molecule has 1 N–H and O–H groups in total. The molecule has 2 heterocycles. The molecule has 0 aromatic carbocycles. The van der Waals surface area contributed by atoms with E-state index >= 15 is 0 Å². The van der Waals surface area contributed by atoms with Crippen molar-refractivity contribution in [3.8, 4) is 5.82 Å². The molecule has 26 heavy (non-hydrogen) atoms. The predicted octanol–water partition coefficient (Wildman–Crippen LogP) is 1.25. The summed E-state index contributed by atoms with van der Waals surface area (Å²) < 4.78 is 6.78. The van der Waals surface area contributed by atoms with E-state index in [1.165, 1.54) is 28.4 Å². The number of carboxylic acid groups (broad SMARTS) is 1. The molecule has 0 saturated carbocycles. The summed E-state index contributed by atoms with van der Waals surface area (Å²) in [5.74, 6) is -1.31. The van der Waals surface area contributed by atoms with Crippen LogP contribution in [0, 0.1) is 5.92 Å². The third kappa shape index (κ3) is 5.35.